The van der Waals surface area contributed by atoms with Crippen molar-refractivity contribution in [3.8, 4) is 0 Å². The molecule has 1 aromatic carbocycles. The summed E-state index contributed by atoms with van der Waals surface area (Å²) in [6.07, 6.45) is 5.98. The molecule has 0 aromatic heterocycles. The van der Waals surface area contributed by atoms with E-state index in [1.165, 1.54) is 18.2 Å². The number of benzene rings is 1. The van der Waals surface area contributed by atoms with Gasteiger partial charge in [0, 0.05) is 6.08 Å². The summed E-state index contributed by atoms with van der Waals surface area (Å²) in [7, 11) is 0. The van der Waals surface area contributed by atoms with E-state index in [4.69, 9.17) is 5.11 Å². The van der Waals surface area contributed by atoms with Crippen LogP contribution in [0.15, 0.2) is 54.6 Å². The van der Waals surface area contributed by atoms with Gasteiger partial charge in [-0.05, 0) is 12.5 Å². The van der Waals surface area contributed by atoms with Crippen LogP contribution in [0.1, 0.15) is 17.3 Å². The SMILES string of the molecule is CC=CC=CC(=O)O.O=C([O-])c1ccccc1.[K+]. The Morgan fingerprint density at radius 2 is 1.72 bits per heavy atom. The van der Waals surface area contributed by atoms with Crippen molar-refractivity contribution >= 4 is 11.9 Å². The van der Waals surface area contributed by atoms with Gasteiger partial charge in [0.05, 0.1) is 5.97 Å². The third-order valence-electron chi connectivity index (χ3n) is 1.55. The number of carbonyl (C=O) groups excluding carboxylic acids is 1. The summed E-state index contributed by atoms with van der Waals surface area (Å²) in [6.45, 7) is 1.83. The first-order chi connectivity index (χ1) is 8.07. The Morgan fingerprint density at radius 3 is 2.06 bits per heavy atom. The van der Waals surface area contributed by atoms with Gasteiger partial charge in [0.1, 0.15) is 0 Å². The van der Waals surface area contributed by atoms with Gasteiger partial charge in [0.2, 0.25) is 0 Å². The van der Waals surface area contributed by atoms with E-state index in [0.29, 0.717) is 0 Å². The van der Waals surface area contributed by atoms with Gasteiger partial charge in [0.25, 0.3) is 0 Å². The molecule has 0 aliphatic carbocycles. The van der Waals surface area contributed by atoms with Gasteiger partial charge in [-0.15, -0.1) is 0 Å². The van der Waals surface area contributed by atoms with Crippen LogP contribution in [-0.4, -0.2) is 17.0 Å². The molecule has 0 amide bonds. The van der Waals surface area contributed by atoms with Gasteiger partial charge < -0.3 is 15.0 Å². The molecule has 0 unspecified atom stereocenters. The summed E-state index contributed by atoms with van der Waals surface area (Å²) >= 11 is 0. The van der Waals surface area contributed by atoms with E-state index >= 15 is 0 Å². The number of hydrogen-bond donors (Lipinski definition) is 1. The van der Waals surface area contributed by atoms with Crippen LogP contribution in [0.3, 0.4) is 0 Å². The van der Waals surface area contributed by atoms with E-state index in [1.807, 2.05) is 6.92 Å². The summed E-state index contributed by atoms with van der Waals surface area (Å²) in [4.78, 5) is 19.8. The Labute approximate surface area is 148 Å². The van der Waals surface area contributed by atoms with Crippen LogP contribution in [-0.2, 0) is 4.79 Å². The van der Waals surface area contributed by atoms with Crippen LogP contribution in [0.4, 0.5) is 0 Å². The van der Waals surface area contributed by atoms with Crippen LogP contribution in [0.2, 0.25) is 0 Å². The molecule has 0 fully saturated rings. The third-order valence-corrected chi connectivity index (χ3v) is 1.55. The predicted octanol–water partition coefficient (Wildman–Crippen LogP) is -1.74. The van der Waals surface area contributed by atoms with Gasteiger partial charge >= 0.3 is 57.4 Å². The molecule has 5 heteroatoms. The van der Waals surface area contributed by atoms with Gasteiger partial charge in [0.15, 0.2) is 0 Å². The van der Waals surface area contributed by atoms with Crippen molar-refractivity contribution in [2.45, 2.75) is 6.92 Å². The minimum Gasteiger partial charge on any atom is -0.545 e. The molecule has 0 spiro atoms. The molecule has 0 heterocycles. The van der Waals surface area contributed by atoms with Crippen molar-refractivity contribution in [3.63, 3.8) is 0 Å². The summed E-state index contributed by atoms with van der Waals surface area (Å²) in [5, 5.41) is 18.1. The molecule has 1 aromatic rings. The number of aliphatic carboxylic acids is 1. The molecule has 1 N–H and O–H groups in total. The third kappa shape index (κ3) is 11.8. The second kappa shape index (κ2) is 12.7. The molecule has 0 aliphatic rings. The summed E-state index contributed by atoms with van der Waals surface area (Å²) in [5.74, 6) is -2.04. The quantitative estimate of drug-likeness (QED) is 0.402. The Bertz CT molecular complexity index is 410. The van der Waals surface area contributed by atoms with Gasteiger partial charge in [-0.2, -0.15) is 0 Å². The average molecular weight is 272 g/mol. The van der Waals surface area contributed by atoms with Crippen molar-refractivity contribution in [2.75, 3.05) is 0 Å². The van der Waals surface area contributed by atoms with Gasteiger partial charge in [-0.1, -0.05) is 48.6 Å². The van der Waals surface area contributed by atoms with Crippen LogP contribution in [0.5, 0.6) is 0 Å². The first-order valence-corrected chi connectivity index (χ1v) is 4.86. The number of aromatic carboxylic acids is 1. The van der Waals surface area contributed by atoms with E-state index in [1.54, 1.807) is 30.4 Å². The molecule has 4 nitrogen and oxygen atoms in total. The number of carboxylic acids is 2. The zero-order chi connectivity index (χ0) is 13.1. The number of carboxylic acid groups (broad SMARTS) is 2. The number of carbonyl (C=O) groups is 2. The molecule has 0 saturated heterocycles. The number of hydrogen-bond acceptors (Lipinski definition) is 3. The first-order valence-electron chi connectivity index (χ1n) is 4.86. The second-order valence-electron chi connectivity index (χ2n) is 2.88. The Kier molecular flexibility index (Phi) is 13.9. The van der Waals surface area contributed by atoms with Gasteiger partial charge in [-0.3, -0.25) is 0 Å². The Balaban J connectivity index is 0. The molecule has 0 saturated carbocycles. The summed E-state index contributed by atoms with van der Waals surface area (Å²) in [5.41, 5.74) is 0.220. The fourth-order valence-electron chi connectivity index (χ4n) is 0.823. The van der Waals surface area contributed by atoms with E-state index in [0.717, 1.165) is 6.08 Å². The molecule has 0 aliphatic heterocycles. The normalized spacial score (nSPS) is 9.39. The topological polar surface area (TPSA) is 77.4 Å². The standard InChI is InChI=1S/C7H6O2.C6H8O2.K/c8-7(9)6-4-2-1-3-5-6;1-2-3-4-5-6(7)8;/h1-5H,(H,8,9);2-5H,1H3,(H,7,8);/q;;+1/p-1. The predicted molar refractivity (Wildman–Crippen MR) is 62.4 cm³/mol. The smallest absolute Gasteiger partial charge is 0.545 e. The molecular weight excluding hydrogens is 259 g/mol. The van der Waals surface area contributed by atoms with Crippen molar-refractivity contribution in [3.05, 3.63) is 60.2 Å². The minimum absolute atomic E-state index is 0. The summed E-state index contributed by atoms with van der Waals surface area (Å²) in [6, 6.07) is 8.06. The Hall–Kier alpha value is -0.724. The van der Waals surface area contributed by atoms with E-state index < -0.39 is 11.9 Å². The molecule has 0 bridgehead atoms. The van der Waals surface area contributed by atoms with Gasteiger partial charge in [-0.25, -0.2) is 4.79 Å². The maximum atomic E-state index is 10.1. The maximum absolute atomic E-state index is 10.1. The van der Waals surface area contributed by atoms with E-state index in [2.05, 4.69) is 0 Å². The minimum atomic E-state index is -1.13. The molecule has 0 atom stereocenters. The monoisotopic (exact) mass is 272 g/mol. The first kappa shape index (κ1) is 19.6. The van der Waals surface area contributed by atoms with Crippen molar-refractivity contribution in [1.82, 2.24) is 0 Å². The van der Waals surface area contributed by atoms with E-state index in [-0.39, 0.29) is 56.9 Å². The maximum Gasteiger partial charge on any atom is 1.00 e. The molecule has 0 radical (unpaired) electrons. The van der Waals surface area contributed by atoms with E-state index in [9.17, 15) is 14.7 Å². The van der Waals surface area contributed by atoms with Crippen molar-refractivity contribution in [2.24, 2.45) is 0 Å². The number of rotatable bonds is 3. The zero-order valence-electron chi connectivity index (χ0n) is 10.4. The molecule has 1 rings (SSSR count). The molecule has 90 valence electrons. The van der Waals surface area contributed by atoms with Crippen LogP contribution in [0, 0.1) is 0 Å². The van der Waals surface area contributed by atoms with Crippen molar-refractivity contribution in [1.29, 1.82) is 0 Å². The van der Waals surface area contributed by atoms with Crippen LogP contribution >= 0.6 is 0 Å². The molecule has 18 heavy (non-hydrogen) atoms. The van der Waals surface area contributed by atoms with Crippen LogP contribution < -0.4 is 56.5 Å². The summed E-state index contributed by atoms with van der Waals surface area (Å²) < 4.78 is 0. The average Bonchev–Trinajstić information content (AvgIpc) is 2.31. The number of allylic oxidation sites excluding steroid dienone is 3. The fourth-order valence-corrected chi connectivity index (χ4v) is 0.823. The largest absolute Gasteiger partial charge is 1.00 e. The zero-order valence-corrected chi connectivity index (χ0v) is 13.5. The van der Waals surface area contributed by atoms with Crippen LogP contribution in [0.25, 0.3) is 0 Å². The van der Waals surface area contributed by atoms with Crippen molar-refractivity contribution < 1.29 is 71.2 Å². The Morgan fingerprint density at radius 1 is 1.17 bits per heavy atom. The second-order valence-corrected chi connectivity index (χ2v) is 2.88. The molecular formula is C13H13KO4. The fraction of sp³-hybridized carbons (Fsp3) is 0.0769.